The molecule has 2 aromatic rings. The summed E-state index contributed by atoms with van der Waals surface area (Å²) in [5.74, 6) is -0.176. The Kier molecular flexibility index (Phi) is 7.14. The van der Waals surface area contributed by atoms with E-state index in [0.717, 1.165) is 11.1 Å². The summed E-state index contributed by atoms with van der Waals surface area (Å²) in [4.78, 5) is 0. The summed E-state index contributed by atoms with van der Waals surface area (Å²) in [5, 5.41) is 4.16. The fourth-order valence-electron chi connectivity index (χ4n) is 1.80. The van der Waals surface area contributed by atoms with Crippen molar-refractivity contribution in [2.75, 3.05) is 26.9 Å². The molecule has 0 aliphatic rings. The van der Waals surface area contributed by atoms with E-state index in [1.807, 2.05) is 6.20 Å². The van der Waals surface area contributed by atoms with E-state index in [1.165, 1.54) is 6.07 Å². The molecule has 2 rings (SSSR count). The van der Waals surface area contributed by atoms with Gasteiger partial charge in [0.1, 0.15) is 6.61 Å². The van der Waals surface area contributed by atoms with Gasteiger partial charge in [0.05, 0.1) is 19.3 Å². The van der Waals surface area contributed by atoms with Crippen LogP contribution in [-0.2, 0) is 11.3 Å². The lowest BCUT2D eigenvalue weighted by atomic mass is 10.1. The van der Waals surface area contributed by atoms with Crippen LogP contribution in [0.2, 0.25) is 0 Å². The summed E-state index contributed by atoms with van der Waals surface area (Å²) >= 11 is 0. The molecule has 116 valence electrons. The molecule has 0 unspecified atom stereocenters. The monoisotopic (exact) mass is 315 g/mol. The van der Waals surface area contributed by atoms with Crippen LogP contribution in [0.25, 0.3) is 11.1 Å². The molecule has 7 heteroatoms. The second-order valence-electron chi connectivity index (χ2n) is 4.27. The molecule has 1 aromatic heterocycles. The molecule has 0 spiro atoms. The van der Waals surface area contributed by atoms with Crippen molar-refractivity contribution in [1.82, 2.24) is 9.78 Å². The van der Waals surface area contributed by atoms with E-state index in [1.54, 1.807) is 30.1 Å². The first kappa shape index (κ1) is 17.4. The third-order valence-corrected chi connectivity index (χ3v) is 2.80. The lowest BCUT2D eigenvalue weighted by Crippen LogP contribution is -2.09. The summed E-state index contributed by atoms with van der Waals surface area (Å²) in [6, 6.07) is 4.85. The van der Waals surface area contributed by atoms with Crippen LogP contribution in [0.3, 0.4) is 0 Å². The molecule has 0 fully saturated rings. The van der Waals surface area contributed by atoms with Crippen LogP contribution in [0.15, 0.2) is 30.6 Å². The van der Waals surface area contributed by atoms with Crippen LogP contribution in [-0.4, -0.2) is 36.6 Å². The lowest BCUT2D eigenvalue weighted by molar-refractivity contribution is 0.144. The van der Waals surface area contributed by atoms with Gasteiger partial charge in [0.25, 0.3) is 0 Å². The van der Waals surface area contributed by atoms with Crippen LogP contribution in [0, 0.1) is 5.82 Å². The average Bonchev–Trinajstić information content (AvgIpc) is 2.90. The number of rotatable bonds is 7. The van der Waals surface area contributed by atoms with Crippen molar-refractivity contribution in [2.24, 2.45) is 5.73 Å². The van der Waals surface area contributed by atoms with Gasteiger partial charge in [0.15, 0.2) is 11.6 Å². The number of hydrogen-bond acceptors (Lipinski definition) is 4. The number of halogens is 2. The van der Waals surface area contributed by atoms with E-state index in [2.05, 4.69) is 5.10 Å². The van der Waals surface area contributed by atoms with Crippen molar-refractivity contribution in [3.8, 4) is 16.9 Å². The quantitative estimate of drug-likeness (QED) is 0.795. The number of aromatic nitrogens is 2. The van der Waals surface area contributed by atoms with E-state index in [9.17, 15) is 4.39 Å². The summed E-state index contributed by atoms with van der Waals surface area (Å²) in [6.45, 7) is 1.90. The van der Waals surface area contributed by atoms with E-state index >= 15 is 0 Å². The number of nitrogens with zero attached hydrogens (tertiary/aromatic N) is 2. The van der Waals surface area contributed by atoms with Gasteiger partial charge in [-0.1, -0.05) is 6.07 Å². The Morgan fingerprint density at radius 1 is 1.29 bits per heavy atom. The highest BCUT2D eigenvalue weighted by molar-refractivity contribution is 5.85. The fourth-order valence-corrected chi connectivity index (χ4v) is 1.80. The molecule has 0 aliphatic carbocycles. The van der Waals surface area contributed by atoms with Crippen molar-refractivity contribution >= 4 is 12.4 Å². The fraction of sp³-hybridized carbons (Fsp3) is 0.357. The van der Waals surface area contributed by atoms with E-state index in [-0.39, 0.29) is 18.2 Å². The maximum Gasteiger partial charge on any atom is 0.165 e. The Morgan fingerprint density at radius 3 is 2.76 bits per heavy atom. The third-order valence-electron chi connectivity index (χ3n) is 2.80. The van der Waals surface area contributed by atoms with Gasteiger partial charge < -0.3 is 15.2 Å². The van der Waals surface area contributed by atoms with Gasteiger partial charge in [0.2, 0.25) is 0 Å². The second-order valence-corrected chi connectivity index (χ2v) is 4.27. The van der Waals surface area contributed by atoms with Crippen LogP contribution >= 0.6 is 12.4 Å². The van der Waals surface area contributed by atoms with Crippen LogP contribution in [0.5, 0.6) is 5.75 Å². The Labute approximate surface area is 129 Å². The van der Waals surface area contributed by atoms with Crippen molar-refractivity contribution < 1.29 is 13.9 Å². The van der Waals surface area contributed by atoms with E-state index in [0.29, 0.717) is 26.3 Å². The standard InChI is InChI=1S/C14H18FN3O2.ClH/c1-19-6-7-20-14-3-2-11(8-13(14)15)12-9-17-18(10-12)5-4-16;/h2-3,8-10H,4-7,16H2,1H3;1H. The van der Waals surface area contributed by atoms with Crippen molar-refractivity contribution in [2.45, 2.75) is 6.54 Å². The molecule has 5 nitrogen and oxygen atoms in total. The van der Waals surface area contributed by atoms with E-state index < -0.39 is 5.82 Å². The number of hydrogen-bond donors (Lipinski definition) is 1. The van der Waals surface area contributed by atoms with Crippen molar-refractivity contribution in [3.05, 3.63) is 36.4 Å². The summed E-state index contributed by atoms with van der Waals surface area (Å²) < 4.78 is 25.8. The molecular weight excluding hydrogens is 297 g/mol. The maximum absolute atomic E-state index is 13.9. The van der Waals surface area contributed by atoms with Crippen LogP contribution in [0.1, 0.15) is 0 Å². The third kappa shape index (κ3) is 4.70. The Morgan fingerprint density at radius 2 is 2.10 bits per heavy atom. The predicted molar refractivity (Wildman–Crippen MR) is 81.3 cm³/mol. The zero-order chi connectivity index (χ0) is 14.4. The zero-order valence-corrected chi connectivity index (χ0v) is 12.6. The minimum atomic E-state index is -0.398. The number of methoxy groups -OCH3 is 1. The van der Waals surface area contributed by atoms with Gasteiger partial charge in [-0.25, -0.2) is 4.39 Å². The van der Waals surface area contributed by atoms with Gasteiger partial charge in [0, 0.05) is 25.4 Å². The predicted octanol–water partition coefficient (Wildman–Crippen LogP) is 2.09. The highest BCUT2D eigenvalue weighted by Gasteiger charge is 2.08. The average molecular weight is 316 g/mol. The minimum absolute atomic E-state index is 0. The smallest absolute Gasteiger partial charge is 0.165 e. The summed E-state index contributed by atoms with van der Waals surface area (Å²) in [5.41, 5.74) is 7.07. The normalized spacial score (nSPS) is 10.2. The molecule has 0 saturated heterocycles. The molecule has 1 heterocycles. The highest BCUT2D eigenvalue weighted by Crippen LogP contribution is 2.25. The SMILES string of the molecule is COCCOc1ccc(-c2cnn(CCN)c2)cc1F.Cl. The molecular formula is C14H19ClFN3O2. The van der Waals surface area contributed by atoms with Gasteiger partial charge in [-0.3, -0.25) is 4.68 Å². The molecule has 0 aliphatic heterocycles. The molecule has 0 bridgehead atoms. The molecule has 1 aromatic carbocycles. The second kappa shape index (κ2) is 8.61. The van der Waals surface area contributed by atoms with Crippen molar-refractivity contribution in [3.63, 3.8) is 0 Å². The first-order valence-corrected chi connectivity index (χ1v) is 6.38. The van der Waals surface area contributed by atoms with Crippen LogP contribution in [0.4, 0.5) is 4.39 Å². The molecule has 2 N–H and O–H groups in total. The number of benzene rings is 1. The minimum Gasteiger partial charge on any atom is -0.488 e. The first-order valence-electron chi connectivity index (χ1n) is 6.38. The molecule has 0 saturated carbocycles. The number of nitrogens with two attached hydrogens (primary N) is 1. The first-order chi connectivity index (χ1) is 9.74. The summed E-state index contributed by atoms with van der Waals surface area (Å²) in [7, 11) is 1.57. The molecule has 21 heavy (non-hydrogen) atoms. The largest absolute Gasteiger partial charge is 0.488 e. The zero-order valence-electron chi connectivity index (χ0n) is 11.8. The van der Waals surface area contributed by atoms with Crippen molar-refractivity contribution in [1.29, 1.82) is 0 Å². The highest BCUT2D eigenvalue weighted by atomic mass is 35.5. The lowest BCUT2D eigenvalue weighted by Gasteiger charge is -2.07. The molecule has 0 amide bonds. The maximum atomic E-state index is 13.9. The van der Waals surface area contributed by atoms with Gasteiger partial charge in [-0.05, 0) is 17.7 Å². The Hall–Kier alpha value is -1.63. The van der Waals surface area contributed by atoms with Gasteiger partial charge >= 0.3 is 0 Å². The Balaban J connectivity index is 0.00000220. The van der Waals surface area contributed by atoms with Gasteiger partial charge in [-0.15, -0.1) is 12.4 Å². The van der Waals surface area contributed by atoms with E-state index in [4.69, 9.17) is 15.2 Å². The summed E-state index contributed by atoms with van der Waals surface area (Å²) in [6.07, 6.45) is 3.53. The molecule has 0 radical (unpaired) electrons. The van der Waals surface area contributed by atoms with Crippen LogP contribution < -0.4 is 10.5 Å². The topological polar surface area (TPSA) is 62.3 Å². The number of ether oxygens (including phenoxy) is 2. The van der Waals surface area contributed by atoms with Gasteiger partial charge in [-0.2, -0.15) is 5.10 Å². The molecule has 0 atom stereocenters. The Bertz CT molecular complexity index is 563.